The van der Waals surface area contributed by atoms with E-state index in [1.807, 2.05) is 36.6 Å². The highest BCUT2D eigenvalue weighted by Crippen LogP contribution is 2.37. The van der Waals surface area contributed by atoms with Gasteiger partial charge in [0.25, 0.3) is 0 Å². The van der Waals surface area contributed by atoms with E-state index >= 15 is 0 Å². The second-order valence-corrected chi connectivity index (χ2v) is 9.84. The standard InChI is InChI=1S/C29H31F2N5O3/c1-4-29(26(37)38-3)11-13-35(14-12-29)28-32-16-22(17-33-28)21-9-10-25-34-19(2)23(36(25)18-21)15-20-7-5-6-8-24(20)39-27(30)31/h5-10,16-18,27H,4,11-15H2,1-3H3. The minimum Gasteiger partial charge on any atom is -0.469 e. The van der Waals surface area contributed by atoms with Crippen molar-refractivity contribution in [3.63, 3.8) is 0 Å². The molecule has 4 heterocycles. The largest absolute Gasteiger partial charge is 0.469 e. The smallest absolute Gasteiger partial charge is 0.387 e. The number of nitrogens with zero attached hydrogens (tertiary/aromatic N) is 5. The summed E-state index contributed by atoms with van der Waals surface area (Å²) in [5.41, 5.74) is 4.41. The Morgan fingerprint density at radius 3 is 2.46 bits per heavy atom. The zero-order valence-corrected chi connectivity index (χ0v) is 22.2. The number of aromatic nitrogens is 4. The molecule has 0 spiro atoms. The molecule has 0 aliphatic carbocycles. The molecule has 1 fully saturated rings. The fourth-order valence-corrected chi connectivity index (χ4v) is 5.32. The Balaban J connectivity index is 1.37. The Labute approximate surface area is 225 Å². The van der Waals surface area contributed by atoms with Crippen LogP contribution in [0.5, 0.6) is 5.75 Å². The van der Waals surface area contributed by atoms with Crippen molar-refractivity contribution < 1.29 is 23.0 Å². The summed E-state index contributed by atoms with van der Waals surface area (Å²) in [4.78, 5) is 28.3. The second-order valence-electron chi connectivity index (χ2n) is 9.84. The van der Waals surface area contributed by atoms with Crippen molar-refractivity contribution in [3.05, 3.63) is 71.9 Å². The third-order valence-electron chi connectivity index (χ3n) is 7.73. The van der Waals surface area contributed by atoms with Crippen molar-refractivity contribution in [2.24, 2.45) is 5.41 Å². The van der Waals surface area contributed by atoms with Gasteiger partial charge in [-0.25, -0.2) is 15.0 Å². The highest BCUT2D eigenvalue weighted by atomic mass is 19.3. The number of piperidine rings is 1. The van der Waals surface area contributed by atoms with Gasteiger partial charge in [-0.3, -0.25) is 4.79 Å². The van der Waals surface area contributed by atoms with E-state index in [0.29, 0.717) is 43.9 Å². The molecule has 0 bridgehead atoms. The van der Waals surface area contributed by atoms with Crippen LogP contribution in [-0.4, -0.2) is 52.1 Å². The Bertz CT molecular complexity index is 1460. The maximum Gasteiger partial charge on any atom is 0.387 e. The van der Waals surface area contributed by atoms with Gasteiger partial charge in [0.15, 0.2) is 0 Å². The molecule has 0 amide bonds. The molecule has 5 rings (SSSR count). The van der Waals surface area contributed by atoms with Crippen LogP contribution >= 0.6 is 0 Å². The highest BCUT2D eigenvalue weighted by Gasteiger charge is 2.41. The van der Waals surface area contributed by atoms with Gasteiger partial charge < -0.3 is 18.8 Å². The number of para-hydroxylation sites is 1. The lowest BCUT2D eigenvalue weighted by molar-refractivity contribution is -0.154. The van der Waals surface area contributed by atoms with E-state index in [1.165, 1.54) is 7.11 Å². The second kappa shape index (κ2) is 11.0. The number of methoxy groups -OCH3 is 1. The molecular formula is C29H31F2N5O3. The fraction of sp³-hybridized carbons (Fsp3) is 0.379. The van der Waals surface area contributed by atoms with E-state index in [9.17, 15) is 13.6 Å². The van der Waals surface area contributed by atoms with E-state index in [2.05, 4.69) is 19.9 Å². The predicted molar refractivity (Wildman–Crippen MR) is 143 cm³/mol. The molecule has 10 heteroatoms. The lowest BCUT2D eigenvalue weighted by Crippen LogP contribution is -2.45. The van der Waals surface area contributed by atoms with Crippen LogP contribution in [0, 0.1) is 12.3 Å². The number of alkyl halides is 2. The Kier molecular flexibility index (Phi) is 7.45. The number of pyridine rings is 1. The third-order valence-corrected chi connectivity index (χ3v) is 7.73. The molecule has 0 saturated carbocycles. The topological polar surface area (TPSA) is 81.8 Å². The van der Waals surface area contributed by atoms with Gasteiger partial charge in [0.2, 0.25) is 5.95 Å². The SMILES string of the molecule is CCC1(C(=O)OC)CCN(c2ncc(-c3ccc4nc(C)c(Cc5ccccc5OC(F)F)n4c3)cn2)CC1. The monoisotopic (exact) mass is 535 g/mol. The number of ether oxygens (including phenoxy) is 2. The predicted octanol–water partition coefficient (Wildman–Crippen LogP) is 5.46. The Morgan fingerprint density at radius 1 is 1.08 bits per heavy atom. The zero-order chi connectivity index (χ0) is 27.6. The first-order valence-electron chi connectivity index (χ1n) is 13.0. The van der Waals surface area contributed by atoms with Crippen LogP contribution in [0.1, 0.15) is 43.1 Å². The lowest BCUT2D eigenvalue weighted by Gasteiger charge is -2.39. The van der Waals surface area contributed by atoms with Crippen molar-refractivity contribution in [3.8, 4) is 16.9 Å². The molecule has 1 saturated heterocycles. The van der Waals surface area contributed by atoms with Gasteiger partial charge >= 0.3 is 12.6 Å². The van der Waals surface area contributed by atoms with Crippen LogP contribution in [-0.2, 0) is 16.0 Å². The number of benzene rings is 1. The van der Waals surface area contributed by atoms with E-state index in [0.717, 1.165) is 34.6 Å². The molecule has 39 heavy (non-hydrogen) atoms. The summed E-state index contributed by atoms with van der Waals surface area (Å²) in [6.45, 7) is 2.40. The number of hydrogen-bond donors (Lipinski definition) is 0. The number of halogens is 2. The molecule has 3 aromatic heterocycles. The van der Waals surface area contributed by atoms with Crippen molar-refractivity contribution in [2.75, 3.05) is 25.1 Å². The first-order valence-corrected chi connectivity index (χ1v) is 13.0. The van der Waals surface area contributed by atoms with Crippen LogP contribution in [0.25, 0.3) is 16.8 Å². The quantitative estimate of drug-likeness (QED) is 0.277. The normalized spacial score (nSPS) is 15.1. The summed E-state index contributed by atoms with van der Waals surface area (Å²) in [6, 6.07) is 10.7. The first-order chi connectivity index (χ1) is 18.8. The van der Waals surface area contributed by atoms with Crippen LogP contribution in [0.15, 0.2) is 55.0 Å². The van der Waals surface area contributed by atoms with Gasteiger partial charge in [-0.2, -0.15) is 8.78 Å². The minimum absolute atomic E-state index is 0.143. The average molecular weight is 536 g/mol. The number of imidazole rings is 1. The third kappa shape index (κ3) is 5.28. The molecule has 204 valence electrons. The zero-order valence-electron chi connectivity index (χ0n) is 22.2. The van der Waals surface area contributed by atoms with Crippen molar-refractivity contribution in [2.45, 2.75) is 46.1 Å². The van der Waals surface area contributed by atoms with Gasteiger partial charge in [-0.05, 0) is 44.4 Å². The number of rotatable bonds is 8. The summed E-state index contributed by atoms with van der Waals surface area (Å²) in [5.74, 6) is 0.641. The maximum atomic E-state index is 12.9. The molecule has 1 aliphatic heterocycles. The minimum atomic E-state index is -2.89. The number of fused-ring (bicyclic) bond motifs is 1. The number of anilines is 1. The molecule has 0 atom stereocenters. The van der Waals surface area contributed by atoms with Gasteiger partial charge in [-0.1, -0.05) is 25.1 Å². The summed E-state index contributed by atoms with van der Waals surface area (Å²) in [7, 11) is 1.44. The van der Waals surface area contributed by atoms with Gasteiger partial charge in [0, 0.05) is 60.5 Å². The van der Waals surface area contributed by atoms with E-state index in [-0.39, 0.29) is 11.7 Å². The molecule has 1 aromatic carbocycles. The van der Waals surface area contributed by atoms with Gasteiger partial charge in [-0.15, -0.1) is 0 Å². The van der Waals surface area contributed by atoms with Crippen LogP contribution in [0.3, 0.4) is 0 Å². The molecule has 4 aromatic rings. The number of carbonyl (C=O) groups excluding carboxylic acids is 1. The lowest BCUT2D eigenvalue weighted by atomic mass is 9.76. The Morgan fingerprint density at radius 2 is 1.79 bits per heavy atom. The molecule has 8 nitrogen and oxygen atoms in total. The average Bonchev–Trinajstić information content (AvgIpc) is 3.27. The maximum absolute atomic E-state index is 12.9. The molecule has 1 aliphatic rings. The highest BCUT2D eigenvalue weighted by molar-refractivity contribution is 5.77. The summed E-state index contributed by atoms with van der Waals surface area (Å²) in [5, 5.41) is 0. The molecule has 0 unspecified atom stereocenters. The first kappa shape index (κ1) is 26.5. The number of esters is 1. The number of carbonyl (C=O) groups is 1. The number of aryl methyl sites for hydroxylation is 1. The van der Waals surface area contributed by atoms with Crippen LogP contribution in [0.4, 0.5) is 14.7 Å². The van der Waals surface area contributed by atoms with Gasteiger partial charge in [0.05, 0.1) is 18.2 Å². The van der Waals surface area contributed by atoms with Gasteiger partial charge in [0.1, 0.15) is 11.4 Å². The molecular weight excluding hydrogens is 504 g/mol. The van der Waals surface area contributed by atoms with Crippen molar-refractivity contribution in [1.29, 1.82) is 0 Å². The molecule has 0 radical (unpaired) electrons. The summed E-state index contributed by atoms with van der Waals surface area (Å²) in [6.07, 6.45) is 8.08. The Hall–Kier alpha value is -4.08. The summed E-state index contributed by atoms with van der Waals surface area (Å²) >= 11 is 0. The van der Waals surface area contributed by atoms with E-state index in [4.69, 9.17) is 9.47 Å². The van der Waals surface area contributed by atoms with Crippen LogP contribution in [0.2, 0.25) is 0 Å². The van der Waals surface area contributed by atoms with Crippen LogP contribution < -0.4 is 9.64 Å². The van der Waals surface area contributed by atoms with Crippen molar-refractivity contribution >= 4 is 17.6 Å². The van der Waals surface area contributed by atoms with Crippen molar-refractivity contribution in [1.82, 2.24) is 19.4 Å². The molecule has 0 N–H and O–H groups in total. The van der Waals surface area contributed by atoms with E-state index in [1.54, 1.807) is 36.7 Å². The number of hydrogen-bond acceptors (Lipinski definition) is 7. The van der Waals surface area contributed by atoms with E-state index < -0.39 is 12.0 Å². The summed E-state index contributed by atoms with van der Waals surface area (Å²) < 4.78 is 37.6. The fourth-order valence-electron chi connectivity index (χ4n) is 5.32.